The Labute approximate surface area is 124 Å². The van der Waals surface area contributed by atoms with Gasteiger partial charge in [0.2, 0.25) is 0 Å². The van der Waals surface area contributed by atoms with Gasteiger partial charge in [-0.2, -0.15) is 0 Å². The minimum atomic E-state index is -0.443. The van der Waals surface area contributed by atoms with Crippen LogP contribution < -0.4 is 4.74 Å². The molecule has 0 radical (unpaired) electrons. The molecule has 2 nitrogen and oxygen atoms in total. The van der Waals surface area contributed by atoms with Crippen LogP contribution in [0.4, 0.5) is 4.39 Å². The van der Waals surface area contributed by atoms with Gasteiger partial charge in [-0.1, -0.05) is 12.1 Å². The van der Waals surface area contributed by atoms with Gasteiger partial charge in [-0.05, 0) is 59.1 Å². The number of carbonyl (C=O) groups excluding carboxylic acids is 1. The van der Waals surface area contributed by atoms with Gasteiger partial charge in [0.05, 0.1) is 10.6 Å². The van der Waals surface area contributed by atoms with E-state index in [-0.39, 0.29) is 11.9 Å². The monoisotopic (exact) mass is 334 g/mol. The molecule has 4 heteroatoms. The van der Waals surface area contributed by atoms with Crippen molar-refractivity contribution in [2.75, 3.05) is 0 Å². The summed E-state index contributed by atoms with van der Waals surface area (Å²) in [6, 6.07) is 11.4. The maximum absolute atomic E-state index is 13.5. The average molecular weight is 335 g/mol. The molecule has 20 heavy (non-hydrogen) atoms. The normalized spacial score (nSPS) is 14.1. The molecular formula is C16H12BrFO2. The highest BCUT2D eigenvalue weighted by atomic mass is 79.9. The molecule has 3 rings (SSSR count). The number of ketones is 1. The molecule has 0 atom stereocenters. The molecule has 0 aromatic heterocycles. The van der Waals surface area contributed by atoms with Crippen LogP contribution in [0.15, 0.2) is 46.9 Å². The van der Waals surface area contributed by atoms with Crippen LogP contribution in [0.3, 0.4) is 0 Å². The molecule has 1 saturated carbocycles. The van der Waals surface area contributed by atoms with E-state index in [0.717, 1.165) is 12.8 Å². The molecule has 1 aliphatic rings. The van der Waals surface area contributed by atoms with E-state index in [0.29, 0.717) is 21.3 Å². The van der Waals surface area contributed by atoms with Gasteiger partial charge < -0.3 is 4.74 Å². The smallest absolute Gasteiger partial charge is 0.193 e. The number of hydrogen-bond donors (Lipinski definition) is 0. The van der Waals surface area contributed by atoms with E-state index in [1.807, 2.05) is 6.07 Å². The number of ether oxygens (including phenoxy) is 1. The molecule has 0 amide bonds. The quantitative estimate of drug-likeness (QED) is 0.776. The predicted octanol–water partition coefficient (Wildman–Crippen LogP) is 4.36. The Morgan fingerprint density at radius 1 is 1.15 bits per heavy atom. The largest absolute Gasteiger partial charge is 0.490 e. The zero-order chi connectivity index (χ0) is 14.1. The number of rotatable bonds is 4. The van der Waals surface area contributed by atoms with Gasteiger partial charge in [-0.15, -0.1) is 0 Å². The Balaban J connectivity index is 1.86. The van der Waals surface area contributed by atoms with Gasteiger partial charge in [0.25, 0.3) is 0 Å². The van der Waals surface area contributed by atoms with Crippen LogP contribution in [0, 0.1) is 5.82 Å². The standard InChI is InChI=1S/C16H12BrFO2/c17-14-7-4-11(9-15(14)18)16(19)10-2-1-3-13(8-10)20-12-5-6-12/h1-4,7-9,12H,5-6H2. The summed E-state index contributed by atoms with van der Waals surface area (Å²) in [4.78, 5) is 12.3. The second kappa shape index (κ2) is 5.37. The molecular weight excluding hydrogens is 323 g/mol. The van der Waals surface area contributed by atoms with Crippen molar-refractivity contribution in [1.82, 2.24) is 0 Å². The second-order valence-corrected chi connectivity index (χ2v) is 5.66. The van der Waals surface area contributed by atoms with Crippen LogP contribution in [-0.4, -0.2) is 11.9 Å². The SMILES string of the molecule is O=C(c1cccc(OC2CC2)c1)c1ccc(Br)c(F)c1. The van der Waals surface area contributed by atoms with E-state index in [1.54, 1.807) is 24.3 Å². The number of hydrogen-bond acceptors (Lipinski definition) is 2. The van der Waals surface area contributed by atoms with Crippen LogP contribution in [0.25, 0.3) is 0 Å². The summed E-state index contributed by atoms with van der Waals surface area (Å²) in [6.45, 7) is 0. The summed E-state index contributed by atoms with van der Waals surface area (Å²) in [6.07, 6.45) is 2.41. The van der Waals surface area contributed by atoms with Gasteiger partial charge in [0.15, 0.2) is 5.78 Å². The first-order chi connectivity index (χ1) is 9.63. The molecule has 2 aromatic carbocycles. The second-order valence-electron chi connectivity index (χ2n) is 4.80. The molecule has 0 spiro atoms. The lowest BCUT2D eigenvalue weighted by Crippen LogP contribution is -2.03. The fourth-order valence-electron chi connectivity index (χ4n) is 1.89. The third kappa shape index (κ3) is 2.90. The summed E-state index contributed by atoms with van der Waals surface area (Å²) in [7, 11) is 0. The first kappa shape index (κ1) is 13.3. The zero-order valence-corrected chi connectivity index (χ0v) is 12.2. The lowest BCUT2D eigenvalue weighted by atomic mass is 10.0. The molecule has 0 aliphatic heterocycles. The third-order valence-corrected chi connectivity index (χ3v) is 3.75. The summed E-state index contributed by atoms with van der Waals surface area (Å²) in [5, 5.41) is 0. The Bertz CT molecular complexity index is 665. The van der Waals surface area contributed by atoms with Gasteiger partial charge in [0, 0.05) is 11.1 Å². The van der Waals surface area contributed by atoms with Crippen molar-refractivity contribution in [2.24, 2.45) is 0 Å². The van der Waals surface area contributed by atoms with Gasteiger partial charge in [-0.25, -0.2) is 4.39 Å². The van der Waals surface area contributed by atoms with E-state index in [4.69, 9.17) is 4.74 Å². The van der Waals surface area contributed by atoms with Crippen molar-refractivity contribution in [1.29, 1.82) is 0 Å². The molecule has 0 N–H and O–H groups in total. The zero-order valence-electron chi connectivity index (χ0n) is 10.6. The van der Waals surface area contributed by atoms with E-state index < -0.39 is 5.82 Å². The minimum Gasteiger partial charge on any atom is -0.490 e. The maximum Gasteiger partial charge on any atom is 0.193 e. The Hall–Kier alpha value is -1.68. The van der Waals surface area contributed by atoms with Crippen molar-refractivity contribution < 1.29 is 13.9 Å². The number of benzene rings is 2. The molecule has 0 heterocycles. The van der Waals surface area contributed by atoms with Crippen molar-refractivity contribution in [3.8, 4) is 5.75 Å². The highest BCUT2D eigenvalue weighted by molar-refractivity contribution is 9.10. The highest BCUT2D eigenvalue weighted by Gasteiger charge is 2.23. The molecule has 0 unspecified atom stereocenters. The minimum absolute atomic E-state index is 0.211. The Kier molecular flexibility index (Phi) is 3.57. The molecule has 102 valence electrons. The first-order valence-corrected chi connectivity index (χ1v) is 7.19. The Morgan fingerprint density at radius 3 is 2.60 bits per heavy atom. The summed E-state index contributed by atoms with van der Waals surface area (Å²) in [5.41, 5.74) is 0.833. The molecule has 1 aliphatic carbocycles. The van der Waals surface area contributed by atoms with Crippen molar-refractivity contribution in [3.63, 3.8) is 0 Å². The third-order valence-electron chi connectivity index (χ3n) is 3.11. The van der Waals surface area contributed by atoms with Crippen molar-refractivity contribution >= 4 is 21.7 Å². The average Bonchev–Trinajstić information content (AvgIpc) is 3.25. The maximum atomic E-state index is 13.5. The van der Waals surface area contributed by atoms with E-state index in [2.05, 4.69) is 15.9 Å². The van der Waals surface area contributed by atoms with Crippen LogP contribution >= 0.6 is 15.9 Å². The predicted molar refractivity (Wildman–Crippen MR) is 77.6 cm³/mol. The lowest BCUT2D eigenvalue weighted by Gasteiger charge is -2.07. The fraction of sp³-hybridized carbons (Fsp3) is 0.188. The number of carbonyl (C=O) groups is 1. The van der Waals surface area contributed by atoms with E-state index in [1.165, 1.54) is 12.1 Å². The molecule has 0 saturated heterocycles. The fourth-order valence-corrected chi connectivity index (χ4v) is 2.14. The molecule has 1 fully saturated rings. The Morgan fingerprint density at radius 2 is 1.90 bits per heavy atom. The lowest BCUT2D eigenvalue weighted by molar-refractivity contribution is 0.103. The summed E-state index contributed by atoms with van der Waals surface area (Å²) in [5.74, 6) is 0.0369. The molecule has 2 aromatic rings. The van der Waals surface area contributed by atoms with Gasteiger partial charge in [-0.3, -0.25) is 4.79 Å². The summed E-state index contributed by atoms with van der Waals surface area (Å²) >= 11 is 3.07. The molecule has 0 bridgehead atoms. The first-order valence-electron chi connectivity index (χ1n) is 6.40. The van der Waals surface area contributed by atoms with Gasteiger partial charge in [0.1, 0.15) is 11.6 Å². The van der Waals surface area contributed by atoms with Crippen LogP contribution in [-0.2, 0) is 0 Å². The van der Waals surface area contributed by atoms with Crippen LogP contribution in [0.5, 0.6) is 5.75 Å². The van der Waals surface area contributed by atoms with Crippen LogP contribution in [0.1, 0.15) is 28.8 Å². The summed E-state index contributed by atoms with van der Waals surface area (Å²) < 4.78 is 19.5. The van der Waals surface area contributed by atoms with Crippen molar-refractivity contribution in [2.45, 2.75) is 18.9 Å². The van der Waals surface area contributed by atoms with Gasteiger partial charge >= 0.3 is 0 Å². The van der Waals surface area contributed by atoms with E-state index >= 15 is 0 Å². The topological polar surface area (TPSA) is 26.3 Å². The highest BCUT2D eigenvalue weighted by Crippen LogP contribution is 2.27. The van der Waals surface area contributed by atoms with Crippen LogP contribution in [0.2, 0.25) is 0 Å². The van der Waals surface area contributed by atoms with E-state index in [9.17, 15) is 9.18 Å². The number of halogens is 2. The van der Waals surface area contributed by atoms with Crippen molar-refractivity contribution in [3.05, 3.63) is 63.9 Å².